The Kier molecular flexibility index (Phi) is 9.70. The molecule has 0 aliphatic heterocycles. The maximum Gasteiger partial charge on any atom is 0.121 e. The molecular formula is C8H12ClFO2. The quantitative estimate of drug-likeness (QED) is 0.352. The van der Waals surface area contributed by atoms with Crippen molar-refractivity contribution in [3.63, 3.8) is 0 Å². The van der Waals surface area contributed by atoms with Crippen molar-refractivity contribution in [2.24, 2.45) is 0 Å². The first kappa shape index (κ1) is 11.3. The van der Waals surface area contributed by atoms with Crippen molar-refractivity contribution in [1.82, 2.24) is 0 Å². The van der Waals surface area contributed by atoms with Crippen LogP contribution in [0.3, 0.4) is 0 Å². The highest BCUT2D eigenvalue weighted by Crippen LogP contribution is 1.83. The van der Waals surface area contributed by atoms with Crippen LogP contribution < -0.4 is 0 Å². The summed E-state index contributed by atoms with van der Waals surface area (Å²) in [6.07, 6.45) is 5.79. The van der Waals surface area contributed by atoms with Crippen LogP contribution in [0.25, 0.3) is 0 Å². The summed E-state index contributed by atoms with van der Waals surface area (Å²) in [6, 6.07) is 0. The molecule has 0 unspecified atom stereocenters. The fourth-order valence-electron chi connectivity index (χ4n) is 0.441. The minimum Gasteiger partial charge on any atom is -0.498 e. The summed E-state index contributed by atoms with van der Waals surface area (Å²) in [6.45, 7) is 0.333. The lowest BCUT2D eigenvalue weighted by atomic mass is 10.7. The van der Waals surface area contributed by atoms with Crippen LogP contribution in [0.2, 0.25) is 0 Å². The van der Waals surface area contributed by atoms with Gasteiger partial charge in [-0.05, 0) is 12.2 Å². The zero-order valence-electron chi connectivity index (χ0n) is 6.71. The normalized spacial score (nSPS) is 11.2. The molecule has 0 spiro atoms. The number of hydrogen-bond acceptors (Lipinski definition) is 2. The van der Waals surface area contributed by atoms with Crippen LogP contribution in [0.1, 0.15) is 0 Å². The molecular weight excluding hydrogens is 183 g/mol. The van der Waals surface area contributed by atoms with E-state index in [4.69, 9.17) is 21.1 Å². The second kappa shape index (κ2) is 10.3. The number of hydrogen-bond donors (Lipinski definition) is 0. The molecule has 0 aromatic heterocycles. The van der Waals surface area contributed by atoms with E-state index in [0.29, 0.717) is 19.1 Å². The fraction of sp³-hybridized carbons (Fsp3) is 0.500. The number of halogens is 2. The largest absolute Gasteiger partial charge is 0.498 e. The Balaban J connectivity index is 3.00. The number of allylic oxidation sites excluding steroid dienone is 2. The minimum absolute atomic E-state index is 0.406. The molecule has 0 amide bonds. The van der Waals surface area contributed by atoms with Gasteiger partial charge in [-0.2, -0.15) is 0 Å². The van der Waals surface area contributed by atoms with E-state index in [1.807, 2.05) is 0 Å². The molecule has 0 saturated carbocycles. The third-order valence-corrected chi connectivity index (χ3v) is 1.06. The highest BCUT2D eigenvalue weighted by atomic mass is 35.5. The topological polar surface area (TPSA) is 18.5 Å². The molecule has 0 N–H and O–H groups in total. The second-order valence-corrected chi connectivity index (χ2v) is 2.10. The van der Waals surface area contributed by atoms with E-state index in [1.165, 1.54) is 18.6 Å². The third-order valence-electron chi connectivity index (χ3n) is 0.882. The lowest BCUT2D eigenvalue weighted by molar-refractivity contribution is 0.149. The fourth-order valence-corrected chi connectivity index (χ4v) is 0.514. The molecule has 0 atom stereocenters. The lowest BCUT2D eigenvalue weighted by Crippen LogP contribution is -1.96. The summed E-state index contributed by atoms with van der Waals surface area (Å²) in [5.74, 6) is 0.433. The van der Waals surface area contributed by atoms with Crippen LogP contribution in [0.5, 0.6) is 0 Å². The average Bonchev–Trinajstić information content (AvgIpc) is 2.10. The van der Waals surface area contributed by atoms with Crippen molar-refractivity contribution in [1.29, 1.82) is 0 Å². The average molecular weight is 195 g/mol. The Hall–Kier alpha value is -0.700. The van der Waals surface area contributed by atoms with E-state index >= 15 is 0 Å². The van der Waals surface area contributed by atoms with Crippen LogP contribution in [-0.4, -0.2) is 25.8 Å². The van der Waals surface area contributed by atoms with E-state index in [0.717, 1.165) is 0 Å². The van der Waals surface area contributed by atoms with Gasteiger partial charge in [0.25, 0.3) is 0 Å². The van der Waals surface area contributed by atoms with Crippen molar-refractivity contribution < 1.29 is 13.9 Å². The molecule has 0 saturated heterocycles. The molecule has 70 valence electrons. The standard InChI is InChI=1S/C8H12ClFO2/c9-3-1-5-11-7-8-12-6-2-4-10/h1-2,5-6H,3-4,7-8H2. The maximum absolute atomic E-state index is 11.4. The van der Waals surface area contributed by atoms with E-state index < -0.39 is 6.67 Å². The van der Waals surface area contributed by atoms with Gasteiger partial charge in [0.1, 0.15) is 19.9 Å². The van der Waals surface area contributed by atoms with Gasteiger partial charge in [0.2, 0.25) is 0 Å². The molecule has 0 heterocycles. The molecule has 0 aromatic carbocycles. The van der Waals surface area contributed by atoms with E-state index in [2.05, 4.69) is 0 Å². The van der Waals surface area contributed by atoms with E-state index in [9.17, 15) is 4.39 Å². The van der Waals surface area contributed by atoms with Gasteiger partial charge in [-0.25, -0.2) is 4.39 Å². The molecule has 2 nitrogen and oxygen atoms in total. The van der Waals surface area contributed by atoms with E-state index in [-0.39, 0.29) is 0 Å². The molecule has 0 fully saturated rings. The van der Waals surface area contributed by atoms with E-state index in [1.54, 1.807) is 6.08 Å². The third kappa shape index (κ3) is 9.30. The molecule has 12 heavy (non-hydrogen) atoms. The first-order valence-corrected chi connectivity index (χ1v) is 4.10. The highest BCUT2D eigenvalue weighted by Gasteiger charge is 1.81. The van der Waals surface area contributed by atoms with Gasteiger partial charge < -0.3 is 9.47 Å². The Morgan fingerprint density at radius 2 is 1.67 bits per heavy atom. The molecule has 0 rings (SSSR count). The molecule has 0 aliphatic carbocycles. The van der Waals surface area contributed by atoms with Gasteiger partial charge in [-0.3, -0.25) is 0 Å². The smallest absolute Gasteiger partial charge is 0.121 e. The number of rotatable bonds is 7. The molecule has 0 radical (unpaired) electrons. The van der Waals surface area contributed by atoms with Gasteiger partial charge in [0.15, 0.2) is 0 Å². The molecule has 4 heteroatoms. The SMILES string of the molecule is FCC=COCCOC=CCCl. The summed E-state index contributed by atoms with van der Waals surface area (Å²) < 4.78 is 21.2. The van der Waals surface area contributed by atoms with Crippen LogP contribution in [0.4, 0.5) is 4.39 Å². The predicted molar refractivity (Wildman–Crippen MR) is 46.9 cm³/mol. The van der Waals surface area contributed by atoms with Gasteiger partial charge in [0, 0.05) is 5.88 Å². The molecule has 0 aromatic rings. The number of alkyl halides is 2. The minimum atomic E-state index is -0.507. The molecule has 0 aliphatic rings. The van der Waals surface area contributed by atoms with Crippen molar-refractivity contribution in [2.45, 2.75) is 0 Å². The Morgan fingerprint density at radius 1 is 1.08 bits per heavy atom. The van der Waals surface area contributed by atoms with Gasteiger partial charge in [-0.1, -0.05) is 0 Å². The summed E-state index contributed by atoms with van der Waals surface area (Å²) in [4.78, 5) is 0. The summed E-state index contributed by atoms with van der Waals surface area (Å²) >= 11 is 5.33. The van der Waals surface area contributed by atoms with Crippen molar-refractivity contribution in [2.75, 3.05) is 25.8 Å². The summed E-state index contributed by atoms with van der Waals surface area (Å²) in [5.41, 5.74) is 0. The van der Waals surface area contributed by atoms with Crippen LogP contribution in [0.15, 0.2) is 24.7 Å². The lowest BCUT2D eigenvalue weighted by Gasteiger charge is -1.99. The Morgan fingerprint density at radius 3 is 2.17 bits per heavy atom. The maximum atomic E-state index is 11.4. The van der Waals surface area contributed by atoms with Gasteiger partial charge in [-0.15, -0.1) is 11.6 Å². The summed E-state index contributed by atoms with van der Waals surface area (Å²) in [7, 11) is 0. The van der Waals surface area contributed by atoms with Crippen LogP contribution in [0, 0.1) is 0 Å². The summed E-state index contributed by atoms with van der Waals surface area (Å²) in [5, 5.41) is 0. The zero-order chi connectivity index (χ0) is 9.07. The Labute approximate surface area is 76.6 Å². The van der Waals surface area contributed by atoms with Crippen molar-refractivity contribution in [3.8, 4) is 0 Å². The second-order valence-electron chi connectivity index (χ2n) is 1.79. The first-order valence-electron chi connectivity index (χ1n) is 3.57. The van der Waals surface area contributed by atoms with Gasteiger partial charge >= 0.3 is 0 Å². The van der Waals surface area contributed by atoms with Crippen molar-refractivity contribution >= 4 is 11.6 Å². The predicted octanol–water partition coefficient (Wildman–Crippen LogP) is 2.26. The van der Waals surface area contributed by atoms with Crippen molar-refractivity contribution in [3.05, 3.63) is 24.7 Å². The monoisotopic (exact) mass is 194 g/mol. The van der Waals surface area contributed by atoms with Gasteiger partial charge in [0.05, 0.1) is 12.5 Å². The van der Waals surface area contributed by atoms with Crippen LogP contribution in [-0.2, 0) is 9.47 Å². The Bertz CT molecular complexity index is 121. The number of ether oxygens (including phenoxy) is 2. The highest BCUT2D eigenvalue weighted by molar-refractivity contribution is 6.18. The molecule has 0 bridgehead atoms. The zero-order valence-corrected chi connectivity index (χ0v) is 7.47. The first-order chi connectivity index (χ1) is 5.91. The van der Waals surface area contributed by atoms with Crippen LogP contribution >= 0.6 is 11.6 Å².